The molecule has 1 aromatic rings. The number of imide groups is 1. The summed E-state index contributed by atoms with van der Waals surface area (Å²) in [7, 11) is 1.61. The van der Waals surface area contributed by atoms with Gasteiger partial charge in [0.25, 0.3) is 5.91 Å². The molecule has 1 aliphatic rings. The van der Waals surface area contributed by atoms with Gasteiger partial charge < -0.3 is 4.90 Å². The largest absolute Gasteiger partial charge is 0.331 e. The number of benzene rings is 1. The van der Waals surface area contributed by atoms with Crippen LogP contribution in [0.25, 0.3) is 0 Å². The Balaban J connectivity index is 2.42. The van der Waals surface area contributed by atoms with Crippen molar-refractivity contribution in [3.05, 3.63) is 29.3 Å². The van der Waals surface area contributed by atoms with E-state index in [2.05, 4.69) is 0 Å². The molecule has 1 aliphatic heterocycles. The minimum atomic E-state index is -0.425. The summed E-state index contributed by atoms with van der Waals surface area (Å²) in [6.45, 7) is 1.70. The predicted octanol–water partition coefficient (Wildman–Crippen LogP) is 2.13. The molecule has 1 aromatic carbocycles. The number of rotatable bonds is 1. The van der Waals surface area contributed by atoms with E-state index in [1.807, 2.05) is 0 Å². The first-order valence-corrected chi connectivity index (χ1v) is 5.26. The van der Waals surface area contributed by atoms with Crippen molar-refractivity contribution in [3.8, 4) is 0 Å². The Morgan fingerprint density at radius 1 is 1.31 bits per heavy atom. The maximum Gasteiger partial charge on any atom is 0.331 e. The lowest BCUT2D eigenvalue weighted by Gasteiger charge is -2.13. The monoisotopic (exact) mass is 238 g/mol. The number of halogens is 1. The van der Waals surface area contributed by atoms with Crippen LogP contribution in [0.2, 0.25) is 5.02 Å². The second-order valence-electron chi connectivity index (χ2n) is 3.72. The molecule has 0 spiro atoms. The molecule has 0 radical (unpaired) electrons. The molecule has 0 aromatic heterocycles. The first-order chi connectivity index (χ1) is 7.52. The molecule has 4 nitrogen and oxygen atoms in total. The Labute approximate surface area is 98.4 Å². The fourth-order valence-corrected chi connectivity index (χ4v) is 1.81. The molecule has 0 bridgehead atoms. The van der Waals surface area contributed by atoms with Gasteiger partial charge in [-0.3, -0.25) is 4.79 Å². The fourth-order valence-electron chi connectivity index (χ4n) is 1.62. The van der Waals surface area contributed by atoms with E-state index in [1.165, 1.54) is 4.90 Å². The van der Waals surface area contributed by atoms with Gasteiger partial charge in [-0.1, -0.05) is 17.7 Å². The molecule has 1 unspecified atom stereocenters. The summed E-state index contributed by atoms with van der Waals surface area (Å²) in [5.41, 5.74) is 0.513. The summed E-state index contributed by atoms with van der Waals surface area (Å²) in [4.78, 5) is 26.2. The zero-order chi connectivity index (χ0) is 11.9. The Morgan fingerprint density at radius 3 is 2.50 bits per heavy atom. The summed E-state index contributed by atoms with van der Waals surface area (Å²) in [6.07, 6.45) is 0. The van der Waals surface area contributed by atoms with Gasteiger partial charge in [-0.15, -0.1) is 0 Å². The van der Waals surface area contributed by atoms with Crippen LogP contribution in [0, 0.1) is 0 Å². The maximum absolute atomic E-state index is 11.9. The molecule has 16 heavy (non-hydrogen) atoms. The zero-order valence-corrected chi connectivity index (χ0v) is 9.73. The molecule has 0 N–H and O–H groups in total. The standard InChI is InChI=1S/C11H11ClN2O2/c1-7-10(15)14(11(16)13(7)2)9-5-3-4-8(12)6-9/h3-7H,1-2H3. The van der Waals surface area contributed by atoms with Crippen LogP contribution in [0.3, 0.4) is 0 Å². The predicted molar refractivity (Wildman–Crippen MR) is 61.6 cm³/mol. The second-order valence-corrected chi connectivity index (χ2v) is 4.16. The lowest BCUT2D eigenvalue weighted by molar-refractivity contribution is -0.119. The van der Waals surface area contributed by atoms with Crippen molar-refractivity contribution in [2.75, 3.05) is 11.9 Å². The van der Waals surface area contributed by atoms with E-state index < -0.39 is 6.04 Å². The lowest BCUT2D eigenvalue weighted by atomic mass is 10.2. The number of urea groups is 1. The van der Waals surface area contributed by atoms with Gasteiger partial charge in [0.05, 0.1) is 5.69 Å². The number of nitrogens with zero attached hydrogens (tertiary/aromatic N) is 2. The van der Waals surface area contributed by atoms with Crippen molar-refractivity contribution in [1.82, 2.24) is 4.90 Å². The average Bonchev–Trinajstić information content (AvgIpc) is 2.44. The van der Waals surface area contributed by atoms with Crippen LogP contribution in [0.5, 0.6) is 0 Å². The van der Waals surface area contributed by atoms with Gasteiger partial charge in [0.1, 0.15) is 6.04 Å². The van der Waals surface area contributed by atoms with Gasteiger partial charge in [0, 0.05) is 12.1 Å². The minimum absolute atomic E-state index is 0.227. The number of carbonyl (C=O) groups excluding carboxylic acids is 2. The highest BCUT2D eigenvalue weighted by Gasteiger charge is 2.41. The molecule has 0 aliphatic carbocycles. The molecule has 0 saturated carbocycles. The summed E-state index contributed by atoms with van der Waals surface area (Å²) >= 11 is 5.83. The van der Waals surface area contributed by atoms with Crippen molar-refractivity contribution in [3.63, 3.8) is 0 Å². The highest BCUT2D eigenvalue weighted by molar-refractivity contribution is 6.31. The van der Waals surface area contributed by atoms with E-state index in [0.29, 0.717) is 10.7 Å². The molecular weight excluding hydrogens is 228 g/mol. The molecule has 1 saturated heterocycles. The van der Waals surface area contributed by atoms with Gasteiger partial charge in [-0.05, 0) is 25.1 Å². The molecule has 1 atom stereocenters. The Bertz CT molecular complexity index is 441. The van der Waals surface area contributed by atoms with Crippen molar-refractivity contribution in [2.45, 2.75) is 13.0 Å². The number of hydrogen-bond donors (Lipinski definition) is 0. The summed E-state index contributed by atoms with van der Waals surface area (Å²) < 4.78 is 0. The number of carbonyl (C=O) groups is 2. The third-order valence-electron chi connectivity index (χ3n) is 2.72. The van der Waals surface area contributed by atoms with Gasteiger partial charge in [0.15, 0.2) is 0 Å². The second kappa shape index (κ2) is 3.79. The molecule has 2 rings (SSSR count). The van der Waals surface area contributed by atoms with Crippen LogP contribution < -0.4 is 4.90 Å². The first kappa shape index (κ1) is 11.0. The van der Waals surface area contributed by atoms with Crippen molar-refractivity contribution < 1.29 is 9.59 Å². The van der Waals surface area contributed by atoms with E-state index in [-0.39, 0.29) is 11.9 Å². The van der Waals surface area contributed by atoms with E-state index in [4.69, 9.17) is 11.6 Å². The van der Waals surface area contributed by atoms with Gasteiger partial charge in [-0.25, -0.2) is 9.69 Å². The summed E-state index contributed by atoms with van der Waals surface area (Å²) in [5.74, 6) is -0.227. The SMILES string of the molecule is CC1C(=O)N(c2cccc(Cl)c2)C(=O)N1C. The maximum atomic E-state index is 11.9. The fraction of sp³-hybridized carbons (Fsp3) is 0.273. The molecule has 5 heteroatoms. The highest BCUT2D eigenvalue weighted by atomic mass is 35.5. The van der Waals surface area contributed by atoms with E-state index in [0.717, 1.165) is 4.90 Å². The lowest BCUT2D eigenvalue weighted by Crippen LogP contribution is -2.31. The minimum Gasteiger partial charge on any atom is -0.315 e. The smallest absolute Gasteiger partial charge is 0.315 e. The van der Waals surface area contributed by atoms with Crippen molar-refractivity contribution in [2.24, 2.45) is 0 Å². The van der Waals surface area contributed by atoms with Crippen LogP contribution in [-0.4, -0.2) is 29.9 Å². The third kappa shape index (κ3) is 1.55. The van der Waals surface area contributed by atoms with E-state index in [1.54, 1.807) is 38.2 Å². The number of anilines is 1. The first-order valence-electron chi connectivity index (χ1n) is 4.88. The average molecular weight is 239 g/mol. The topological polar surface area (TPSA) is 40.6 Å². The Hall–Kier alpha value is -1.55. The highest BCUT2D eigenvalue weighted by Crippen LogP contribution is 2.25. The summed E-state index contributed by atoms with van der Waals surface area (Å²) in [5, 5.41) is 0.500. The Morgan fingerprint density at radius 2 is 2.00 bits per heavy atom. The van der Waals surface area contributed by atoms with Crippen LogP contribution in [0.4, 0.5) is 10.5 Å². The molecule has 84 valence electrons. The van der Waals surface area contributed by atoms with E-state index >= 15 is 0 Å². The van der Waals surface area contributed by atoms with Crippen molar-refractivity contribution >= 4 is 29.2 Å². The van der Waals surface area contributed by atoms with Gasteiger partial charge >= 0.3 is 6.03 Å². The van der Waals surface area contributed by atoms with Crippen molar-refractivity contribution in [1.29, 1.82) is 0 Å². The van der Waals surface area contributed by atoms with Crippen LogP contribution in [-0.2, 0) is 4.79 Å². The number of amides is 3. The third-order valence-corrected chi connectivity index (χ3v) is 2.95. The van der Waals surface area contributed by atoms with Crippen LogP contribution in [0.15, 0.2) is 24.3 Å². The zero-order valence-electron chi connectivity index (χ0n) is 8.98. The van der Waals surface area contributed by atoms with Crippen LogP contribution >= 0.6 is 11.6 Å². The van der Waals surface area contributed by atoms with Crippen LogP contribution in [0.1, 0.15) is 6.92 Å². The number of hydrogen-bond acceptors (Lipinski definition) is 2. The normalized spacial score (nSPS) is 20.8. The molecule has 3 amide bonds. The quantitative estimate of drug-likeness (QED) is 0.704. The summed E-state index contributed by atoms with van der Waals surface area (Å²) in [6, 6.07) is 5.95. The van der Waals surface area contributed by atoms with Gasteiger partial charge in [-0.2, -0.15) is 0 Å². The number of likely N-dealkylation sites (N-methyl/N-ethyl adjacent to an activating group) is 1. The Kier molecular flexibility index (Phi) is 2.59. The van der Waals surface area contributed by atoms with Gasteiger partial charge in [0.2, 0.25) is 0 Å². The molecule has 1 fully saturated rings. The molecule has 1 heterocycles. The molecular formula is C11H11ClN2O2. The van der Waals surface area contributed by atoms with E-state index in [9.17, 15) is 9.59 Å².